The van der Waals surface area contributed by atoms with Gasteiger partial charge in [-0.05, 0) is 30.7 Å². The third-order valence-electron chi connectivity index (χ3n) is 2.80. The van der Waals surface area contributed by atoms with E-state index in [2.05, 4.69) is 10.5 Å². The second-order valence-corrected chi connectivity index (χ2v) is 4.46. The van der Waals surface area contributed by atoms with E-state index < -0.39 is 5.91 Å². The number of carbonyl (C=O) groups excluding carboxylic acids is 1. The predicted octanol–water partition coefficient (Wildman–Crippen LogP) is 3.21. The predicted molar refractivity (Wildman–Crippen MR) is 84.2 cm³/mol. The van der Waals surface area contributed by atoms with Crippen molar-refractivity contribution in [3.8, 4) is 5.75 Å². The summed E-state index contributed by atoms with van der Waals surface area (Å²) in [5.74, 6) is -0.511. The highest BCUT2D eigenvalue weighted by molar-refractivity contribution is 6.00. The molecule has 0 bridgehead atoms. The molecule has 106 valence electrons. The minimum atomic E-state index is -0.444. The lowest BCUT2D eigenvalue weighted by Gasteiger charge is -2.02. The van der Waals surface area contributed by atoms with Gasteiger partial charge in [-0.1, -0.05) is 48.5 Å². The Balaban J connectivity index is 1.99. The van der Waals surface area contributed by atoms with Gasteiger partial charge in [-0.3, -0.25) is 4.79 Å². The highest BCUT2D eigenvalue weighted by Gasteiger charge is 2.08. The molecule has 0 saturated heterocycles. The zero-order chi connectivity index (χ0) is 15.1. The van der Waals surface area contributed by atoms with Crippen LogP contribution in [0.1, 0.15) is 22.8 Å². The Morgan fingerprint density at radius 1 is 1.10 bits per heavy atom. The number of nitrogens with zero attached hydrogens (tertiary/aromatic N) is 1. The monoisotopic (exact) mass is 280 g/mol. The van der Waals surface area contributed by atoms with E-state index in [4.69, 9.17) is 0 Å². The summed E-state index contributed by atoms with van der Waals surface area (Å²) >= 11 is 0. The number of phenolic OH excluding ortho intramolecular Hbond substituents is 1. The van der Waals surface area contributed by atoms with Crippen LogP contribution >= 0.6 is 0 Å². The molecule has 2 rings (SSSR count). The molecular weight excluding hydrogens is 264 g/mol. The fraction of sp³-hybridized carbons (Fsp3) is 0.0588. The molecule has 0 fully saturated rings. The molecular formula is C17H16N2O2. The lowest BCUT2D eigenvalue weighted by molar-refractivity contribution is 0.0952. The van der Waals surface area contributed by atoms with Crippen molar-refractivity contribution in [2.75, 3.05) is 0 Å². The second-order valence-electron chi connectivity index (χ2n) is 4.46. The summed E-state index contributed by atoms with van der Waals surface area (Å²) in [6, 6.07) is 16.1. The number of hydrogen-bond acceptors (Lipinski definition) is 3. The Morgan fingerprint density at radius 2 is 1.76 bits per heavy atom. The zero-order valence-corrected chi connectivity index (χ0v) is 11.7. The van der Waals surface area contributed by atoms with Crippen molar-refractivity contribution in [2.24, 2.45) is 5.10 Å². The number of benzene rings is 2. The summed E-state index contributed by atoms with van der Waals surface area (Å²) in [5.41, 5.74) is 4.32. The maximum absolute atomic E-state index is 11.8. The van der Waals surface area contributed by atoms with E-state index in [0.29, 0.717) is 5.71 Å². The Hall–Kier alpha value is -2.88. The van der Waals surface area contributed by atoms with Crippen LogP contribution in [0.15, 0.2) is 65.8 Å². The first-order chi connectivity index (χ1) is 10.2. The molecule has 0 heterocycles. The van der Waals surface area contributed by atoms with Gasteiger partial charge in [-0.15, -0.1) is 0 Å². The summed E-state index contributed by atoms with van der Waals surface area (Å²) in [6.07, 6.45) is 3.71. The molecule has 0 atom stereocenters. The average molecular weight is 280 g/mol. The van der Waals surface area contributed by atoms with E-state index in [1.54, 1.807) is 25.1 Å². The van der Waals surface area contributed by atoms with Gasteiger partial charge < -0.3 is 5.11 Å². The highest BCUT2D eigenvalue weighted by atomic mass is 16.3. The number of amides is 1. The van der Waals surface area contributed by atoms with Gasteiger partial charge in [0.05, 0.1) is 11.3 Å². The van der Waals surface area contributed by atoms with Crippen molar-refractivity contribution in [2.45, 2.75) is 6.92 Å². The van der Waals surface area contributed by atoms with Crippen LogP contribution in [0.2, 0.25) is 0 Å². The molecule has 21 heavy (non-hydrogen) atoms. The van der Waals surface area contributed by atoms with E-state index in [1.807, 2.05) is 36.4 Å². The van der Waals surface area contributed by atoms with Crippen LogP contribution in [0.25, 0.3) is 6.08 Å². The van der Waals surface area contributed by atoms with Crippen LogP contribution in [0, 0.1) is 0 Å². The molecule has 0 aliphatic rings. The van der Waals surface area contributed by atoms with E-state index in [1.165, 1.54) is 12.1 Å². The Bertz CT molecular complexity index is 676. The molecule has 0 saturated carbocycles. The maximum atomic E-state index is 11.8. The Labute approximate surface area is 123 Å². The van der Waals surface area contributed by atoms with Crippen molar-refractivity contribution in [1.82, 2.24) is 5.43 Å². The Morgan fingerprint density at radius 3 is 2.48 bits per heavy atom. The van der Waals surface area contributed by atoms with Crippen LogP contribution in [0.5, 0.6) is 5.75 Å². The largest absolute Gasteiger partial charge is 0.507 e. The Kier molecular flexibility index (Phi) is 4.88. The summed E-state index contributed by atoms with van der Waals surface area (Å²) in [6.45, 7) is 1.78. The van der Waals surface area contributed by atoms with E-state index >= 15 is 0 Å². The van der Waals surface area contributed by atoms with Crippen molar-refractivity contribution in [3.63, 3.8) is 0 Å². The second kappa shape index (κ2) is 7.05. The van der Waals surface area contributed by atoms with Gasteiger partial charge in [0.15, 0.2) is 0 Å². The zero-order valence-electron chi connectivity index (χ0n) is 11.7. The van der Waals surface area contributed by atoms with Crippen molar-refractivity contribution >= 4 is 17.7 Å². The van der Waals surface area contributed by atoms with Gasteiger partial charge in [0.2, 0.25) is 0 Å². The van der Waals surface area contributed by atoms with E-state index in [0.717, 1.165) is 5.56 Å². The maximum Gasteiger partial charge on any atom is 0.275 e. The van der Waals surface area contributed by atoms with Crippen LogP contribution in [0.3, 0.4) is 0 Å². The van der Waals surface area contributed by atoms with Crippen molar-refractivity contribution < 1.29 is 9.90 Å². The molecule has 4 heteroatoms. The van der Waals surface area contributed by atoms with Gasteiger partial charge in [0.1, 0.15) is 5.75 Å². The minimum Gasteiger partial charge on any atom is -0.507 e. The third-order valence-corrected chi connectivity index (χ3v) is 2.80. The molecule has 2 aromatic carbocycles. The first-order valence-electron chi connectivity index (χ1n) is 6.52. The minimum absolute atomic E-state index is 0.0670. The number of carbonyl (C=O) groups is 1. The molecule has 0 aliphatic carbocycles. The molecule has 1 amide bonds. The first kappa shape index (κ1) is 14.5. The summed E-state index contributed by atoms with van der Waals surface area (Å²) in [7, 11) is 0. The smallest absolute Gasteiger partial charge is 0.275 e. The number of para-hydroxylation sites is 1. The van der Waals surface area contributed by atoms with Gasteiger partial charge in [-0.25, -0.2) is 5.43 Å². The first-order valence-corrected chi connectivity index (χ1v) is 6.52. The van der Waals surface area contributed by atoms with Gasteiger partial charge in [0.25, 0.3) is 5.91 Å². The fourth-order valence-electron chi connectivity index (χ4n) is 1.68. The summed E-state index contributed by atoms with van der Waals surface area (Å²) < 4.78 is 0. The number of rotatable bonds is 4. The summed E-state index contributed by atoms with van der Waals surface area (Å²) in [5, 5.41) is 13.6. The van der Waals surface area contributed by atoms with Gasteiger partial charge in [0, 0.05) is 0 Å². The van der Waals surface area contributed by atoms with Gasteiger partial charge >= 0.3 is 0 Å². The van der Waals surface area contributed by atoms with E-state index in [9.17, 15) is 9.90 Å². The number of allylic oxidation sites excluding steroid dienone is 1. The number of hydrazone groups is 1. The van der Waals surface area contributed by atoms with Crippen LogP contribution in [-0.2, 0) is 0 Å². The normalized spacial score (nSPS) is 11.6. The van der Waals surface area contributed by atoms with Crippen molar-refractivity contribution in [1.29, 1.82) is 0 Å². The standard InChI is InChI=1S/C17H16N2O2/c1-13(11-12-14-7-3-2-4-8-14)18-19-17(21)15-9-5-6-10-16(15)20/h2-12,20H,1H3,(H,19,21)/b12-11-,18-13+. The van der Waals surface area contributed by atoms with Crippen LogP contribution in [0.4, 0.5) is 0 Å². The number of hydrogen-bond donors (Lipinski definition) is 2. The molecule has 0 radical (unpaired) electrons. The SMILES string of the molecule is CC(/C=C\c1ccccc1)=N\NC(=O)c1ccccc1O. The molecule has 2 aromatic rings. The lowest BCUT2D eigenvalue weighted by Crippen LogP contribution is -2.18. The van der Waals surface area contributed by atoms with Crippen LogP contribution < -0.4 is 5.43 Å². The average Bonchev–Trinajstić information content (AvgIpc) is 2.52. The molecule has 4 nitrogen and oxygen atoms in total. The quantitative estimate of drug-likeness (QED) is 0.667. The number of aromatic hydroxyl groups is 1. The molecule has 0 unspecified atom stereocenters. The molecule has 2 N–H and O–H groups in total. The van der Waals surface area contributed by atoms with E-state index in [-0.39, 0.29) is 11.3 Å². The highest BCUT2D eigenvalue weighted by Crippen LogP contribution is 2.14. The van der Waals surface area contributed by atoms with Crippen LogP contribution in [-0.4, -0.2) is 16.7 Å². The fourth-order valence-corrected chi connectivity index (χ4v) is 1.68. The summed E-state index contributed by atoms with van der Waals surface area (Å²) in [4.78, 5) is 11.8. The number of nitrogens with one attached hydrogen (secondary N) is 1. The molecule has 0 spiro atoms. The molecule has 0 aliphatic heterocycles. The third kappa shape index (κ3) is 4.31. The molecule has 0 aromatic heterocycles. The lowest BCUT2D eigenvalue weighted by atomic mass is 10.2. The van der Waals surface area contributed by atoms with Gasteiger partial charge in [-0.2, -0.15) is 5.10 Å². The number of phenols is 1. The van der Waals surface area contributed by atoms with Crippen molar-refractivity contribution in [3.05, 3.63) is 71.8 Å². The topological polar surface area (TPSA) is 61.7 Å².